The molecule has 0 aromatic heterocycles. The van der Waals surface area contributed by atoms with Gasteiger partial charge < -0.3 is 19.5 Å². The molecule has 0 saturated carbocycles. The third-order valence-corrected chi connectivity index (χ3v) is 3.33. The smallest absolute Gasteiger partial charge is 0.258 e. The summed E-state index contributed by atoms with van der Waals surface area (Å²) in [4.78, 5) is 12.2. The van der Waals surface area contributed by atoms with Gasteiger partial charge in [-0.1, -0.05) is 11.6 Å². The van der Waals surface area contributed by atoms with E-state index in [0.29, 0.717) is 22.9 Å². The molecule has 0 fully saturated rings. The maximum Gasteiger partial charge on any atom is 0.258 e. The van der Waals surface area contributed by atoms with E-state index in [4.69, 9.17) is 25.8 Å². The lowest BCUT2D eigenvalue weighted by Gasteiger charge is -2.14. The zero-order valence-corrected chi connectivity index (χ0v) is 13.5. The minimum Gasteiger partial charge on any atom is -0.493 e. The van der Waals surface area contributed by atoms with Gasteiger partial charge in [-0.15, -0.1) is 0 Å². The third kappa shape index (κ3) is 3.65. The number of nitrogens with one attached hydrogen (secondary N) is 1. The Balaban J connectivity index is 2.34. The first kappa shape index (κ1) is 16.9. The van der Waals surface area contributed by atoms with Crippen molar-refractivity contribution in [3.63, 3.8) is 0 Å². The molecule has 2 aromatic rings. The van der Waals surface area contributed by atoms with Crippen molar-refractivity contribution in [3.05, 3.63) is 46.7 Å². The minimum atomic E-state index is -0.706. The van der Waals surface area contributed by atoms with Crippen LogP contribution in [0.2, 0.25) is 5.02 Å². The van der Waals surface area contributed by atoms with E-state index in [1.807, 2.05) is 0 Å². The number of halogens is 2. The second-order valence-electron chi connectivity index (χ2n) is 4.49. The molecule has 0 atom stereocenters. The molecule has 2 rings (SSSR count). The lowest BCUT2D eigenvalue weighted by Crippen LogP contribution is -2.14. The standard InChI is InChI=1S/C16H15ClFNO4/c1-21-13-7-10(8-14(22-2)15(13)23-3)19-16(20)11-5-4-9(17)6-12(11)18/h4-8H,1-3H3,(H,19,20). The van der Waals surface area contributed by atoms with Crippen molar-refractivity contribution in [1.29, 1.82) is 0 Å². The second kappa shape index (κ2) is 7.19. The monoisotopic (exact) mass is 339 g/mol. The van der Waals surface area contributed by atoms with E-state index in [0.717, 1.165) is 6.07 Å². The highest BCUT2D eigenvalue weighted by molar-refractivity contribution is 6.30. The van der Waals surface area contributed by atoms with Gasteiger partial charge in [-0.3, -0.25) is 4.79 Å². The first-order valence-electron chi connectivity index (χ1n) is 6.56. The Hall–Kier alpha value is -2.47. The molecule has 0 bridgehead atoms. The zero-order chi connectivity index (χ0) is 17.0. The third-order valence-electron chi connectivity index (χ3n) is 3.10. The molecule has 0 unspecified atom stereocenters. The van der Waals surface area contributed by atoms with Gasteiger partial charge in [0.1, 0.15) is 5.82 Å². The number of ether oxygens (including phenoxy) is 3. The number of benzene rings is 2. The molecule has 0 heterocycles. The van der Waals surface area contributed by atoms with Gasteiger partial charge in [0.05, 0.1) is 26.9 Å². The summed E-state index contributed by atoms with van der Waals surface area (Å²) in [5.74, 6) is -0.181. The SMILES string of the molecule is COc1cc(NC(=O)c2ccc(Cl)cc2F)cc(OC)c1OC. The predicted molar refractivity (Wildman–Crippen MR) is 85.5 cm³/mol. The van der Waals surface area contributed by atoms with Gasteiger partial charge in [0.25, 0.3) is 5.91 Å². The molecule has 2 aromatic carbocycles. The van der Waals surface area contributed by atoms with Crippen molar-refractivity contribution >= 4 is 23.2 Å². The van der Waals surface area contributed by atoms with Gasteiger partial charge in [-0.2, -0.15) is 0 Å². The van der Waals surface area contributed by atoms with E-state index in [9.17, 15) is 9.18 Å². The lowest BCUT2D eigenvalue weighted by atomic mass is 10.2. The molecule has 1 N–H and O–H groups in total. The number of carbonyl (C=O) groups is 1. The van der Waals surface area contributed by atoms with Crippen LogP contribution in [0.5, 0.6) is 17.2 Å². The molecule has 23 heavy (non-hydrogen) atoms. The molecule has 1 amide bonds. The Kier molecular flexibility index (Phi) is 5.28. The van der Waals surface area contributed by atoms with Crippen molar-refractivity contribution in [2.45, 2.75) is 0 Å². The first-order chi connectivity index (χ1) is 11.0. The van der Waals surface area contributed by atoms with Gasteiger partial charge in [-0.05, 0) is 18.2 Å². The number of hydrogen-bond donors (Lipinski definition) is 1. The fourth-order valence-electron chi connectivity index (χ4n) is 2.03. The highest BCUT2D eigenvalue weighted by Crippen LogP contribution is 2.40. The zero-order valence-electron chi connectivity index (χ0n) is 12.8. The molecule has 5 nitrogen and oxygen atoms in total. The van der Waals surface area contributed by atoms with Crippen LogP contribution in [0.25, 0.3) is 0 Å². The Labute approximate surface area is 137 Å². The summed E-state index contributed by atoms with van der Waals surface area (Å²) < 4.78 is 29.4. The normalized spacial score (nSPS) is 10.1. The maximum atomic E-state index is 13.8. The molecule has 0 radical (unpaired) electrons. The van der Waals surface area contributed by atoms with E-state index < -0.39 is 11.7 Å². The number of methoxy groups -OCH3 is 3. The van der Waals surface area contributed by atoms with E-state index in [-0.39, 0.29) is 10.6 Å². The van der Waals surface area contributed by atoms with Crippen LogP contribution < -0.4 is 19.5 Å². The summed E-state index contributed by atoms with van der Waals surface area (Å²) in [6.07, 6.45) is 0. The highest BCUT2D eigenvalue weighted by Gasteiger charge is 2.17. The molecule has 0 aliphatic carbocycles. The largest absolute Gasteiger partial charge is 0.493 e. The highest BCUT2D eigenvalue weighted by atomic mass is 35.5. The molecule has 122 valence electrons. The van der Waals surface area contributed by atoms with Crippen LogP contribution in [0, 0.1) is 5.82 Å². The van der Waals surface area contributed by atoms with Gasteiger partial charge in [0, 0.05) is 22.8 Å². The Morgan fingerprint density at radius 1 is 1.04 bits per heavy atom. The summed E-state index contributed by atoms with van der Waals surface area (Å²) >= 11 is 5.68. The number of amides is 1. The van der Waals surface area contributed by atoms with Crippen LogP contribution >= 0.6 is 11.6 Å². The van der Waals surface area contributed by atoms with E-state index >= 15 is 0 Å². The number of hydrogen-bond acceptors (Lipinski definition) is 4. The molecular formula is C16H15ClFNO4. The second-order valence-corrected chi connectivity index (χ2v) is 4.93. The topological polar surface area (TPSA) is 56.8 Å². The predicted octanol–water partition coefficient (Wildman–Crippen LogP) is 3.76. The van der Waals surface area contributed by atoms with Crippen LogP contribution in [-0.4, -0.2) is 27.2 Å². The van der Waals surface area contributed by atoms with Crippen LogP contribution in [0.1, 0.15) is 10.4 Å². The summed E-state index contributed by atoms with van der Waals surface area (Å²) in [6.45, 7) is 0. The molecule has 0 saturated heterocycles. The van der Waals surface area contributed by atoms with Gasteiger partial charge in [0.2, 0.25) is 5.75 Å². The van der Waals surface area contributed by atoms with E-state index in [2.05, 4.69) is 5.32 Å². The van der Waals surface area contributed by atoms with Crippen molar-refractivity contribution in [1.82, 2.24) is 0 Å². The average molecular weight is 340 g/mol. The Morgan fingerprint density at radius 3 is 2.13 bits per heavy atom. The average Bonchev–Trinajstić information content (AvgIpc) is 2.53. The molecule has 7 heteroatoms. The number of carbonyl (C=O) groups excluding carboxylic acids is 1. The fourth-order valence-corrected chi connectivity index (χ4v) is 2.18. The summed E-state index contributed by atoms with van der Waals surface area (Å²) in [6, 6.07) is 6.92. The summed E-state index contributed by atoms with van der Waals surface area (Å²) in [7, 11) is 4.39. The van der Waals surface area contributed by atoms with E-state index in [1.165, 1.54) is 33.5 Å². The summed E-state index contributed by atoms with van der Waals surface area (Å²) in [5, 5.41) is 2.80. The van der Waals surface area contributed by atoms with Gasteiger partial charge in [0.15, 0.2) is 11.5 Å². The first-order valence-corrected chi connectivity index (χ1v) is 6.94. The molecule has 0 spiro atoms. The van der Waals surface area contributed by atoms with Crippen LogP contribution in [-0.2, 0) is 0 Å². The quantitative estimate of drug-likeness (QED) is 0.901. The van der Waals surface area contributed by atoms with Crippen molar-refractivity contribution in [2.24, 2.45) is 0 Å². The summed E-state index contributed by atoms with van der Waals surface area (Å²) in [5.41, 5.74) is 0.252. The van der Waals surface area contributed by atoms with Gasteiger partial charge >= 0.3 is 0 Å². The van der Waals surface area contributed by atoms with Crippen molar-refractivity contribution in [2.75, 3.05) is 26.6 Å². The number of anilines is 1. The molecule has 0 aliphatic rings. The van der Waals surface area contributed by atoms with Gasteiger partial charge in [-0.25, -0.2) is 4.39 Å². The number of rotatable bonds is 5. The van der Waals surface area contributed by atoms with Crippen LogP contribution in [0.3, 0.4) is 0 Å². The van der Waals surface area contributed by atoms with Crippen molar-refractivity contribution < 1.29 is 23.4 Å². The van der Waals surface area contributed by atoms with Crippen LogP contribution in [0.4, 0.5) is 10.1 Å². The molecular weight excluding hydrogens is 325 g/mol. The lowest BCUT2D eigenvalue weighted by molar-refractivity contribution is 0.102. The Bertz CT molecular complexity index is 711. The minimum absolute atomic E-state index is 0.122. The van der Waals surface area contributed by atoms with Crippen LogP contribution in [0.15, 0.2) is 30.3 Å². The van der Waals surface area contributed by atoms with Crippen molar-refractivity contribution in [3.8, 4) is 17.2 Å². The Morgan fingerprint density at radius 2 is 1.65 bits per heavy atom. The fraction of sp³-hybridized carbons (Fsp3) is 0.188. The molecule has 0 aliphatic heterocycles. The van der Waals surface area contributed by atoms with E-state index in [1.54, 1.807) is 12.1 Å². The maximum absolute atomic E-state index is 13.8.